The topological polar surface area (TPSA) is 70.2 Å². The van der Waals surface area contributed by atoms with E-state index in [2.05, 4.69) is 46.7 Å². The Hall–Kier alpha value is -3.23. The van der Waals surface area contributed by atoms with Crippen LogP contribution in [0.25, 0.3) is 28.2 Å². The number of fused-ring (bicyclic) bond motifs is 1. The molecule has 0 amide bonds. The van der Waals surface area contributed by atoms with Gasteiger partial charge in [-0.25, -0.2) is 14.6 Å². The molecule has 0 spiro atoms. The van der Waals surface area contributed by atoms with E-state index >= 15 is 0 Å². The van der Waals surface area contributed by atoms with E-state index < -0.39 is 0 Å². The number of aromatic nitrogens is 5. The molecule has 34 heavy (non-hydrogen) atoms. The van der Waals surface area contributed by atoms with Crippen molar-refractivity contribution in [2.24, 2.45) is 0 Å². The quantitative estimate of drug-likeness (QED) is 0.417. The zero-order valence-corrected chi connectivity index (χ0v) is 19.6. The van der Waals surface area contributed by atoms with Crippen molar-refractivity contribution < 1.29 is 9.47 Å². The maximum Gasteiger partial charge on any atom is 0.164 e. The molecule has 176 valence electrons. The lowest BCUT2D eigenvalue weighted by Gasteiger charge is -2.29. The Balaban J connectivity index is 1.36. The van der Waals surface area contributed by atoms with E-state index in [1.807, 2.05) is 23.3 Å². The third-order valence-corrected chi connectivity index (χ3v) is 6.77. The molecule has 4 heterocycles. The van der Waals surface area contributed by atoms with Crippen LogP contribution in [0.4, 0.5) is 5.69 Å². The van der Waals surface area contributed by atoms with Crippen molar-refractivity contribution in [2.45, 2.75) is 38.8 Å². The predicted octanol–water partition coefficient (Wildman–Crippen LogP) is 4.00. The molecule has 8 nitrogen and oxygen atoms in total. The molecule has 0 N–H and O–H groups in total. The van der Waals surface area contributed by atoms with E-state index in [1.54, 1.807) is 0 Å². The van der Waals surface area contributed by atoms with Crippen molar-refractivity contribution in [3.8, 4) is 17.1 Å². The molecule has 1 aromatic carbocycles. The van der Waals surface area contributed by atoms with Gasteiger partial charge in [0, 0.05) is 37.5 Å². The highest BCUT2D eigenvalue weighted by molar-refractivity contribution is 5.87. The minimum absolute atomic E-state index is 0.423. The number of aryl methyl sites for hydroxylation is 1. The van der Waals surface area contributed by atoms with Crippen LogP contribution in [0.1, 0.15) is 24.8 Å². The van der Waals surface area contributed by atoms with E-state index in [9.17, 15) is 0 Å². The molecule has 0 unspecified atom stereocenters. The molecule has 2 fully saturated rings. The number of hydrogen-bond acceptors (Lipinski definition) is 6. The fourth-order valence-electron chi connectivity index (χ4n) is 4.60. The summed E-state index contributed by atoms with van der Waals surface area (Å²) in [6, 6.07) is 12.5. The average molecular weight is 459 g/mol. The molecule has 0 atom stereocenters. The molecule has 1 saturated heterocycles. The number of hydrogen-bond donors (Lipinski definition) is 0. The zero-order valence-electron chi connectivity index (χ0n) is 19.6. The fraction of sp³-hybridized carbons (Fsp3) is 0.423. The molecule has 1 aliphatic heterocycles. The van der Waals surface area contributed by atoms with E-state index in [4.69, 9.17) is 24.5 Å². The van der Waals surface area contributed by atoms with Crippen molar-refractivity contribution in [1.29, 1.82) is 0 Å². The second kappa shape index (κ2) is 9.19. The maximum absolute atomic E-state index is 6.00. The Morgan fingerprint density at radius 1 is 1.12 bits per heavy atom. The van der Waals surface area contributed by atoms with Crippen molar-refractivity contribution in [3.05, 3.63) is 54.5 Å². The monoisotopic (exact) mass is 458 g/mol. The van der Waals surface area contributed by atoms with Crippen molar-refractivity contribution in [3.63, 3.8) is 0 Å². The highest BCUT2D eigenvalue weighted by Crippen LogP contribution is 2.29. The summed E-state index contributed by atoms with van der Waals surface area (Å²) in [5.74, 6) is 0.787. The van der Waals surface area contributed by atoms with Gasteiger partial charge in [-0.15, -0.1) is 0 Å². The summed E-state index contributed by atoms with van der Waals surface area (Å²) in [5.41, 5.74) is 6.11. The first-order valence-electron chi connectivity index (χ1n) is 12.2. The van der Waals surface area contributed by atoms with Gasteiger partial charge in [0.2, 0.25) is 0 Å². The third-order valence-electron chi connectivity index (χ3n) is 6.77. The second-order valence-electron chi connectivity index (χ2n) is 9.15. The largest absolute Gasteiger partial charge is 0.378 e. The van der Waals surface area contributed by atoms with Gasteiger partial charge in [0.05, 0.1) is 43.6 Å². The molecule has 1 saturated carbocycles. The summed E-state index contributed by atoms with van der Waals surface area (Å²) >= 11 is 0. The van der Waals surface area contributed by atoms with Crippen LogP contribution >= 0.6 is 0 Å². The number of imidazole rings is 1. The van der Waals surface area contributed by atoms with Crippen LogP contribution in [0.15, 0.2) is 48.9 Å². The molecule has 1 aliphatic carbocycles. The van der Waals surface area contributed by atoms with Crippen molar-refractivity contribution >= 4 is 16.9 Å². The molecule has 3 aromatic heterocycles. The molecule has 4 aromatic rings. The van der Waals surface area contributed by atoms with Gasteiger partial charge >= 0.3 is 0 Å². The Bertz CT molecular complexity index is 1290. The van der Waals surface area contributed by atoms with Gasteiger partial charge in [-0.2, -0.15) is 5.10 Å². The zero-order chi connectivity index (χ0) is 22.9. The molecular weight excluding hydrogens is 428 g/mol. The van der Waals surface area contributed by atoms with E-state index in [-0.39, 0.29) is 0 Å². The summed E-state index contributed by atoms with van der Waals surface area (Å²) in [6.07, 6.45) is 7.92. The predicted molar refractivity (Wildman–Crippen MR) is 131 cm³/mol. The lowest BCUT2D eigenvalue weighted by molar-refractivity contribution is -0.00105. The van der Waals surface area contributed by atoms with Gasteiger partial charge in [-0.1, -0.05) is 23.8 Å². The van der Waals surface area contributed by atoms with E-state index in [0.717, 1.165) is 53.6 Å². The first-order chi connectivity index (χ1) is 16.7. The first-order valence-corrected chi connectivity index (χ1v) is 12.2. The van der Waals surface area contributed by atoms with Gasteiger partial charge in [0.25, 0.3) is 0 Å². The molecule has 0 bridgehead atoms. The van der Waals surface area contributed by atoms with Gasteiger partial charge in [0.15, 0.2) is 11.5 Å². The number of rotatable bonds is 7. The normalized spacial score (nSPS) is 16.8. The molecule has 6 rings (SSSR count). The number of ether oxygens (including phenoxy) is 2. The van der Waals surface area contributed by atoms with Crippen LogP contribution in [-0.2, 0) is 16.0 Å². The van der Waals surface area contributed by atoms with Crippen molar-refractivity contribution in [1.82, 2.24) is 24.3 Å². The number of pyridine rings is 1. The van der Waals surface area contributed by atoms with Crippen LogP contribution in [0, 0.1) is 6.92 Å². The number of benzene rings is 1. The van der Waals surface area contributed by atoms with Gasteiger partial charge < -0.3 is 18.9 Å². The Kier molecular flexibility index (Phi) is 5.76. The second-order valence-corrected chi connectivity index (χ2v) is 9.15. The third kappa shape index (κ3) is 4.19. The first kappa shape index (κ1) is 21.3. The summed E-state index contributed by atoms with van der Waals surface area (Å²) in [5, 5.41) is 4.86. The number of morpholine rings is 1. The summed E-state index contributed by atoms with van der Waals surface area (Å²) in [7, 11) is 0. The van der Waals surface area contributed by atoms with Gasteiger partial charge in [0.1, 0.15) is 5.52 Å². The minimum atomic E-state index is 0.423. The molecular formula is C26H30N6O2. The smallest absolute Gasteiger partial charge is 0.164 e. The number of anilines is 1. The van der Waals surface area contributed by atoms with Gasteiger partial charge in [-0.3, -0.25) is 0 Å². The molecule has 2 aliphatic rings. The van der Waals surface area contributed by atoms with Crippen LogP contribution in [0.5, 0.6) is 0 Å². The van der Waals surface area contributed by atoms with Crippen LogP contribution in [-0.4, -0.2) is 63.3 Å². The lowest BCUT2D eigenvalue weighted by atomic mass is 9.96. The molecule has 8 heteroatoms. The number of nitrogens with zero attached hydrogens (tertiary/aromatic N) is 6. The van der Waals surface area contributed by atoms with Crippen LogP contribution in [0.3, 0.4) is 0 Å². The minimum Gasteiger partial charge on any atom is -0.378 e. The highest BCUT2D eigenvalue weighted by Gasteiger charge is 2.21. The van der Waals surface area contributed by atoms with Crippen LogP contribution in [0.2, 0.25) is 0 Å². The lowest BCUT2D eigenvalue weighted by Crippen LogP contribution is -2.36. The fourth-order valence-corrected chi connectivity index (χ4v) is 4.60. The van der Waals surface area contributed by atoms with Gasteiger partial charge in [-0.05, 0) is 38.3 Å². The standard InChI is InChI=1S/C26H30N6O2/c1-19-4-2-5-20(16-19)22-8-9-32(29-22)24-17-23(30-10-13-33-14-11-30)25-26(28-24)31(18-27-25)12-15-34-21-6-3-7-21/h2,4-5,8-9,16-18,21H,3,6-7,10-15H2,1H3. The van der Waals surface area contributed by atoms with Crippen molar-refractivity contribution in [2.75, 3.05) is 37.8 Å². The Labute approximate surface area is 199 Å². The highest BCUT2D eigenvalue weighted by atomic mass is 16.5. The summed E-state index contributed by atoms with van der Waals surface area (Å²) in [6.45, 7) is 6.62. The van der Waals surface area contributed by atoms with E-state index in [0.29, 0.717) is 25.9 Å². The molecule has 0 radical (unpaired) electrons. The SMILES string of the molecule is Cc1cccc(-c2ccn(-c3cc(N4CCOCC4)c4ncn(CCOC5CCC5)c4n3)n2)c1. The Morgan fingerprint density at radius 2 is 2.00 bits per heavy atom. The summed E-state index contributed by atoms with van der Waals surface area (Å²) in [4.78, 5) is 12.1. The summed E-state index contributed by atoms with van der Waals surface area (Å²) < 4.78 is 15.6. The maximum atomic E-state index is 6.00. The average Bonchev–Trinajstić information content (AvgIpc) is 3.48. The van der Waals surface area contributed by atoms with E-state index in [1.165, 1.54) is 24.8 Å². The Morgan fingerprint density at radius 3 is 2.79 bits per heavy atom. The van der Waals surface area contributed by atoms with Crippen LogP contribution < -0.4 is 4.90 Å².